The Kier molecular flexibility index (Phi) is 4.98. The van der Waals surface area contributed by atoms with Gasteiger partial charge in [-0.3, -0.25) is 9.59 Å². The highest BCUT2D eigenvalue weighted by Gasteiger charge is 2.16. The monoisotopic (exact) mass is 351 g/mol. The van der Waals surface area contributed by atoms with Crippen LogP contribution >= 0.6 is 0 Å². The molecular formula is C19H17N3O4. The van der Waals surface area contributed by atoms with E-state index in [1.54, 1.807) is 36.5 Å². The molecule has 1 aromatic heterocycles. The lowest BCUT2D eigenvalue weighted by Crippen LogP contribution is -2.29. The van der Waals surface area contributed by atoms with Gasteiger partial charge in [-0.25, -0.2) is 4.98 Å². The standard InChI is InChI=1S/C19H17N3O4/c1-12-5-3-4-6-15(12)22-19(24)18(23)21-13-7-8-14(16(9-13)25-2)17-10-20-11-26-17/h3-11H,1-2H3,(H,21,23)(H,22,24). The number of aryl methyl sites for hydroxylation is 1. The van der Waals surface area contributed by atoms with Crippen molar-refractivity contribution in [2.24, 2.45) is 0 Å². The van der Waals surface area contributed by atoms with E-state index in [0.717, 1.165) is 5.56 Å². The third kappa shape index (κ3) is 3.72. The van der Waals surface area contributed by atoms with Crippen LogP contribution < -0.4 is 15.4 Å². The van der Waals surface area contributed by atoms with Gasteiger partial charge in [-0.1, -0.05) is 18.2 Å². The van der Waals surface area contributed by atoms with Gasteiger partial charge < -0.3 is 19.8 Å². The molecule has 0 atom stereocenters. The number of carbonyl (C=O) groups excluding carboxylic acids is 2. The molecular weight excluding hydrogens is 334 g/mol. The Hall–Kier alpha value is -3.61. The molecule has 0 saturated carbocycles. The Morgan fingerprint density at radius 2 is 1.85 bits per heavy atom. The van der Waals surface area contributed by atoms with Gasteiger partial charge in [-0.15, -0.1) is 0 Å². The van der Waals surface area contributed by atoms with E-state index >= 15 is 0 Å². The van der Waals surface area contributed by atoms with Crippen molar-refractivity contribution in [2.75, 3.05) is 17.7 Å². The fraction of sp³-hybridized carbons (Fsp3) is 0.105. The highest BCUT2D eigenvalue weighted by Crippen LogP contribution is 2.32. The molecule has 0 spiro atoms. The summed E-state index contributed by atoms with van der Waals surface area (Å²) in [6.45, 7) is 1.85. The van der Waals surface area contributed by atoms with Crippen LogP contribution in [-0.2, 0) is 9.59 Å². The molecule has 0 unspecified atom stereocenters. The maximum atomic E-state index is 12.1. The minimum atomic E-state index is -0.775. The summed E-state index contributed by atoms with van der Waals surface area (Å²) >= 11 is 0. The maximum absolute atomic E-state index is 12.1. The summed E-state index contributed by atoms with van der Waals surface area (Å²) in [5, 5.41) is 5.14. The fourth-order valence-electron chi connectivity index (χ4n) is 2.40. The lowest BCUT2D eigenvalue weighted by Gasteiger charge is -2.11. The van der Waals surface area contributed by atoms with E-state index in [2.05, 4.69) is 15.6 Å². The number of nitrogens with zero attached hydrogens (tertiary/aromatic N) is 1. The molecule has 2 N–H and O–H groups in total. The SMILES string of the molecule is COc1cc(NC(=O)C(=O)Nc2ccccc2C)ccc1-c1cnco1. The second kappa shape index (κ2) is 7.52. The van der Waals surface area contributed by atoms with Gasteiger partial charge in [0.15, 0.2) is 12.2 Å². The van der Waals surface area contributed by atoms with Gasteiger partial charge in [0.25, 0.3) is 0 Å². The lowest BCUT2D eigenvalue weighted by atomic mass is 10.1. The molecule has 0 fully saturated rings. The van der Waals surface area contributed by atoms with Crippen molar-refractivity contribution in [3.8, 4) is 17.1 Å². The van der Waals surface area contributed by atoms with Crippen LogP contribution in [-0.4, -0.2) is 23.9 Å². The molecule has 0 saturated heterocycles. The molecule has 2 amide bonds. The Labute approximate surface area is 150 Å². The highest BCUT2D eigenvalue weighted by atomic mass is 16.5. The number of para-hydroxylation sites is 1. The topological polar surface area (TPSA) is 93.5 Å². The van der Waals surface area contributed by atoms with Crippen molar-refractivity contribution in [1.29, 1.82) is 0 Å². The number of benzene rings is 2. The highest BCUT2D eigenvalue weighted by molar-refractivity contribution is 6.43. The van der Waals surface area contributed by atoms with Gasteiger partial charge in [-0.05, 0) is 30.7 Å². The van der Waals surface area contributed by atoms with E-state index in [1.165, 1.54) is 13.5 Å². The van der Waals surface area contributed by atoms with E-state index < -0.39 is 11.8 Å². The molecule has 0 bridgehead atoms. The average Bonchev–Trinajstić information content (AvgIpc) is 3.18. The van der Waals surface area contributed by atoms with E-state index in [4.69, 9.17) is 9.15 Å². The summed E-state index contributed by atoms with van der Waals surface area (Å²) in [6.07, 6.45) is 2.88. The van der Waals surface area contributed by atoms with Crippen molar-refractivity contribution in [2.45, 2.75) is 6.92 Å². The second-order valence-corrected chi connectivity index (χ2v) is 5.50. The van der Waals surface area contributed by atoms with Crippen molar-refractivity contribution >= 4 is 23.2 Å². The number of methoxy groups -OCH3 is 1. The number of rotatable bonds is 4. The molecule has 26 heavy (non-hydrogen) atoms. The first kappa shape index (κ1) is 17.2. The summed E-state index contributed by atoms with van der Waals surface area (Å²) < 4.78 is 10.6. The number of hydrogen-bond donors (Lipinski definition) is 2. The largest absolute Gasteiger partial charge is 0.496 e. The van der Waals surface area contributed by atoms with Crippen LogP contribution in [0, 0.1) is 6.92 Å². The molecule has 3 aromatic rings. The molecule has 7 nitrogen and oxygen atoms in total. The van der Waals surface area contributed by atoms with Crippen LogP contribution in [0.5, 0.6) is 5.75 Å². The number of aromatic nitrogens is 1. The molecule has 132 valence electrons. The average molecular weight is 351 g/mol. The fourth-order valence-corrected chi connectivity index (χ4v) is 2.40. The zero-order valence-electron chi connectivity index (χ0n) is 14.3. The summed E-state index contributed by atoms with van der Waals surface area (Å²) in [5.41, 5.74) is 2.57. The number of oxazole rings is 1. The number of amides is 2. The van der Waals surface area contributed by atoms with Crippen molar-refractivity contribution in [3.05, 3.63) is 60.6 Å². The molecule has 0 radical (unpaired) electrons. The molecule has 2 aromatic carbocycles. The van der Waals surface area contributed by atoms with Gasteiger partial charge in [0, 0.05) is 17.4 Å². The van der Waals surface area contributed by atoms with E-state index in [-0.39, 0.29) is 0 Å². The van der Waals surface area contributed by atoms with Gasteiger partial charge in [0.2, 0.25) is 0 Å². The molecule has 7 heteroatoms. The normalized spacial score (nSPS) is 10.2. The molecule has 1 heterocycles. The Morgan fingerprint density at radius 1 is 1.08 bits per heavy atom. The van der Waals surface area contributed by atoms with Gasteiger partial charge in [0.05, 0.1) is 18.9 Å². The van der Waals surface area contributed by atoms with Gasteiger partial charge in [-0.2, -0.15) is 0 Å². The second-order valence-electron chi connectivity index (χ2n) is 5.50. The zero-order chi connectivity index (χ0) is 18.5. The van der Waals surface area contributed by atoms with Crippen molar-refractivity contribution < 1.29 is 18.7 Å². The Bertz CT molecular complexity index is 936. The molecule has 0 aliphatic rings. The van der Waals surface area contributed by atoms with E-state index in [9.17, 15) is 9.59 Å². The number of anilines is 2. The van der Waals surface area contributed by atoms with Crippen LogP contribution in [0.2, 0.25) is 0 Å². The lowest BCUT2D eigenvalue weighted by molar-refractivity contribution is -0.133. The predicted molar refractivity (Wildman–Crippen MR) is 96.9 cm³/mol. The first-order chi connectivity index (χ1) is 12.6. The maximum Gasteiger partial charge on any atom is 0.314 e. The third-order valence-electron chi connectivity index (χ3n) is 3.76. The minimum absolute atomic E-state index is 0.426. The van der Waals surface area contributed by atoms with E-state index in [0.29, 0.717) is 28.4 Å². The van der Waals surface area contributed by atoms with Crippen LogP contribution in [0.15, 0.2) is 59.5 Å². The Morgan fingerprint density at radius 3 is 2.54 bits per heavy atom. The Balaban J connectivity index is 1.73. The summed E-state index contributed by atoms with van der Waals surface area (Å²) in [6, 6.07) is 12.2. The molecule has 0 aliphatic carbocycles. The van der Waals surface area contributed by atoms with Gasteiger partial charge in [0.1, 0.15) is 5.75 Å². The first-order valence-electron chi connectivity index (χ1n) is 7.83. The summed E-state index contributed by atoms with van der Waals surface area (Å²) in [7, 11) is 1.51. The van der Waals surface area contributed by atoms with Crippen molar-refractivity contribution in [1.82, 2.24) is 4.98 Å². The number of ether oxygens (including phenoxy) is 1. The smallest absolute Gasteiger partial charge is 0.314 e. The predicted octanol–water partition coefficient (Wildman–Crippen LogP) is 3.24. The summed E-state index contributed by atoms with van der Waals surface area (Å²) in [4.78, 5) is 28.1. The molecule has 3 rings (SSSR count). The van der Waals surface area contributed by atoms with Crippen LogP contribution in [0.25, 0.3) is 11.3 Å². The van der Waals surface area contributed by atoms with Crippen LogP contribution in [0.4, 0.5) is 11.4 Å². The number of hydrogen-bond acceptors (Lipinski definition) is 5. The zero-order valence-corrected chi connectivity index (χ0v) is 14.3. The van der Waals surface area contributed by atoms with Crippen LogP contribution in [0.1, 0.15) is 5.56 Å². The van der Waals surface area contributed by atoms with Gasteiger partial charge >= 0.3 is 11.8 Å². The van der Waals surface area contributed by atoms with E-state index in [1.807, 2.05) is 19.1 Å². The molecule has 0 aliphatic heterocycles. The third-order valence-corrected chi connectivity index (χ3v) is 3.76. The quantitative estimate of drug-likeness (QED) is 0.704. The minimum Gasteiger partial charge on any atom is -0.496 e. The van der Waals surface area contributed by atoms with Crippen LogP contribution in [0.3, 0.4) is 0 Å². The summed E-state index contributed by atoms with van der Waals surface area (Å²) in [5.74, 6) is -0.504. The number of nitrogens with one attached hydrogen (secondary N) is 2. The van der Waals surface area contributed by atoms with Crippen molar-refractivity contribution in [3.63, 3.8) is 0 Å². The number of carbonyl (C=O) groups is 2. The first-order valence-corrected chi connectivity index (χ1v) is 7.83.